The number of carbonyl (C=O) groups is 2. The van der Waals surface area contributed by atoms with E-state index in [0.717, 1.165) is 5.56 Å². The van der Waals surface area contributed by atoms with Crippen molar-refractivity contribution >= 4 is 11.8 Å². The summed E-state index contributed by atoms with van der Waals surface area (Å²) in [6, 6.07) is 9.07. The SMILES string of the molecule is C=CCNC(=O)[C@H](Cc1ccccc1)NC(=O)CC. The predicted octanol–water partition coefficient (Wildman–Crippen LogP) is 1.43. The van der Waals surface area contributed by atoms with E-state index in [9.17, 15) is 9.59 Å². The maximum Gasteiger partial charge on any atom is 0.243 e. The first kappa shape index (κ1) is 15.0. The van der Waals surface area contributed by atoms with Gasteiger partial charge >= 0.3 is 0 Å². The van der Waals surface area contributed by atoms with Gasteiger partial charge in [0.25, 0.3) is 0 Å². The molecule has 0 saturated carbocycles. The molecular formula is C15H20N2O2. The third kappa shape index (κ3) is 5.38. The molecule has 0 fully saturated rings. The standard InChI is InChI=1S/C15H20N2O2/c1-3-10-16-15(19)13(17-14(18)4-2)11-12-8-6-5-7-9-12/h3,5-9,13H,1,4,10-11H2,2H3,(H,16,19)(H,17,18)/t13-/m0/s1. The summed E-state index contributed by atoms with van der Waals surface area (Å²) in [6.07, 6.45) is 2.45. The maximum atomic E-state index is 12.0. The van der Waals surface area contributed by atoms with Gasteiger partial charge in [0.05, 0.1) is 0 Å². The van der Waals surface area contributed by atoms with Gasteiger partial charge in [0.15, 0.2) is 0 Å². The average molecular weight is 260 g/mol. The molecule has 0 aliphatic carbocycles. The maximum absolute atomic E-state index is 12.0. The van der Waals surface area contributed by atoms with E-state index in [1.165, 1.54) is 0 Å². The van der Waals surface area contributed by atoms with Gasteiger partial charge in [-0.15, -0.1) is 6.58 Å². The van der Waals surface area contributed by atoms with Crippen LogP contribution in [-0.4, -0.2) is 24.4 Å². The van der Waals surface area contributed by atoms with Crippen LogP contribution in [0.25, 0.3) is 0 Å². The highest BCUT2D eigenvalue weighted by atomic mass is 16.2. The largest absolute Gasteiger partial charge is 0.351 e. The smallest absolute Gasteiger partial charge is 0.243 e. The second-order valence-corrected chi connectivity index (χ2v) is 4.20. The fourth-order valence-corrected chi connectivity index (χ4v) is 1.65. The molecule has 102 valence electrons. The van der Waals surface area contributed by atoms with Crippen LogP contribution in [0.1, 0.15) is 18.9 Å². The van der Waals surface area contributed by atoms with E-state index in [1.807, 2.05) is 30.3 Å². The van der Waals surface area contributed by atoms with Crippen LogP contribution in [0, 0.1) is 0 Å². The summed E-state index contributed by atoms with van der Waals surface area (Å²) >= 11 is 0. The Morgan fingerprint density at radius 1 is 1.32 bits per heavy atom. The van der Waals surface area contributed by atoms with Gasteiger partial charge in [-0.05, 0) is 5.56 Å². The van der Waals surface area contributed by atoms with Gasteiger partial charge in [-0.2, -0.15) is 0 Å². The van der Waals surface area contributed by atoms with Crippen LogP contribution < -0.4 is 10.6 Å². The Morgan fingerprint density at radius 2 is 2.00 bits per heavy atom. The highest BCUT2D eigenvalue weighted by Gasteiger charge is 2.19. The number of amides is 2. The molecule has 1 rings (SSSR count). The van der Waals surface area contributed by atoms with Gasteiger partial charge in [-0.1, -0.05) is 43.3 Å². The van der Waals surface area contributed by atoms with Crippen molar-refractivity contribution in [1.29, 1.82) is 0 Å². The van der Waals surface area contributed by atoms with Crippen LogP contribution >= 0.6 is 0 Å². The van der Waals surface area contributed by atoms with Crippen LogP contribution in [0.3, 0.4) is 0 Å². The van der Waals surface area contributed by atoms with Crippen LogP contribution in [0.15, 0.2) is 43.0 Å². The lowest BCUT2D eigenvalue weighted by atomic mass is 10.1. The van der Waals surface area contributed by atoms with Crippen molar-refractivity contribution in [3.63, 3.8) is 0 Å². The predicted molar refractivity (Wildman–Crippen MR) is 75.6 cm³/mol. The summed E-state index contributed by atoms with van der Waals surface area (Å²) < 4.78 is 0. The second-order valence-electron chi connectivity index (χ2n) is 4.20. The molecule has 0 unspecified atom stereocenters. The normalized spacial score (nSPS) is 11.4. The fourth-order valence-electron chi connectivity index (χ4n) is 1.65. The zero-order chi connectivity index (χ0) is 14.1. The quantitative estimate of drug-likeness (QED) is 0.729. The van der Waals surface area contributed by atoms with Crippen molar-refractivity contribution in [2.45, 2.75) is 25.8 Å². The lowest BCUT2D eigenvalue weighted by molar-refractivity contribution is -0.128. The first-order valence-electron chi connectivity index (χ1n) is 6.39. The number of hydrogen-bond donors (Lipinski definition) is 2. The van der Waals surface area contributed by atoms with Gasteiger partial charge in [-0.3, -0.25) is 9.59 Å². The summed E-state index contributed by atoms with van der Waals surface area (Å²) in [5.41, 5.74) is 1.01. The van der Waals surface area contributed by atoms with E-state index in [1.54, 1.807) is 13.0 Å². The highest BCUT2D eigenvalue weighted by molar-refractivity contribution is 5.87. The van der Waals surface area contributed by atoms with E-state index in [-0.39, 0.29) is 11.8 Å². The summed E-state index contributed by atoms with van der Waals surface area (Å²) in [6.45, 7) is 5.71. The fraction of sp³-hybridized carbons (Fsp3) is 0.333. The molecule has 1 aromatic rings. The minimum absolute atomic E-state index is 0.130. The summed E-state index contributed by atoms with van der Waals surface area (Å²) in [7, 11) is 0. The van der Waals surface area contributed by atoms with Gasteiger partial charge in [-0.25, -0.2) is 0 Å². The molecular weight excluding hydrogens is 240 g/mol. The Kier molecular flexibility index (Phi) is 6.36. The minimum atomic E-state index is -0.546. The molecule has 2 N–H and O–H groups in total. The Morgan fingerprint density at radius 3 is 2.58 bits per heavy atom. The third-order valence-corrected chi connectivity index (χ3v) is 2.68. The average Bonchev–Trinajstić information content (AvgIpc) is 2.44. The molecule has 0 aliphatic heterocycles. The molecule has 19 heavy (non-hydrogen) atoms. The molecule has 1 atom stereocenters. The van der Waals surface area contributed by atoms with Crippen molar-refractivity contribution in [3.05, 3.63) is 48.6 Å². The minimum Gasteiger partial charge on any atom is -0.351 e. The molecule has 2 amide bonds. The van der Waals surface area contributed by atoms with Gasteiger partial charge in [0, 0.05) is 19.4 Å². The molecule has 0 saturated heterocycles. The van der Waals surface area contributed by atoms with Crippen LogP contribution in [0.2, 0.25) is 0 Å². The van der Waals surface area contributed by atoms with Crippen molar-refractivity contribution in [2.24, 2.45) is 0 Å². The van der Waals surface area contributed by atoms with E-state index < -0.39 is 6.04 Å². The highest BCUT2D eigenvalue weighted by Crippen LogP contribution is 2.04. The van der Waals surface area contributed by atoms with Crippen molar-refractivity contribution in [2.75, 3.05) is 6.54 Å². The van der Waals surface area contributed by atoms with Crippen LogP contribution in [-0.2, 0) is 16.0 Å². The summed E-state index contributed by atoms with van der Waals surface area (Å²) in [5.74, 6) is -0.319. The Bertz CT molecular complexity index is 429. The Balaban J connectivity index is 2.71. The molecule has 0 aromatic heterocycles. The zero-order valence-electron chi connectivity index (χ0n) is 11.2. The number of rotatable bonds is 7. The van der Waals surface area contributed by atoms with Crippen molar-refractivity contribution in [1.82, 2.24) is 10.6 Å². The Labute approximate surface area is 113 Å². The molecule has 0 heterocycles. The van der Waals surface area contributed by atoms with E-state index in [4.69, 9.17) is 0 Å². The molecule has 0 radical (unpaired) electrons. The number of benzene rings is 1. The van der Waals surface area contributed by atoms with Crippen molar-refractivity contribution < 1.29 is 9.59 Å². The Hall–Kier alpha value is -2.10. The molecule has 4 nitrogen and oxygen atoms in total. The van der Waals surface area contributed by atoms with Gasteiger partial charge in [0.1, 0.15) is 6.04 Å². The first-order valence-corrected chi connectivity index (χ1v) is 6.39. The zero-order valence-corrected chi connectivity index (χ0v) is 11.2. The second kappa shape index (κ2) is 8.08. The molecule has 0 spiro atoms. The first-order chi connectivity index (χ1) is 9.17. The van der Waals surface area contributed by atoms with Crippen molar-refractivity contribution in [3.8, 4) is 0 Å². The van der Waals surface area contributed by atoms with Gasteiger partial charge in [0.2, 0.25) is 11.8 Å². The molecule has 1 aromatic carbocycles. The van der Waals surface area contributed by atoms with Crippen LogP contribution in [0.5, 0.6) is 0 Å². The summed E-state index contributed by atoms with van der Waals surface area (Å²) in [4.78, 5) is 23.5. The number of nitrogens with one attached hydrogen (secondary N) is 2. The molecule has 0 bridgehead atoms. The third-order valence-electron chi connectivity index (χ3n) is 2.68. The van der Waals surface area contributed by atoms with E-state index in [0.29, 0.717) is 19.4 Å². The van der Waals surface area contributed by atoms with E-state index >= 15 is 0 Å². The molecule has 4 heteroatoms. The number of hydrogen-bond acceptors (Lipinski definition) is 2. The lowest BCUT2D eigenvalue weighted by Gasteiger charge is -2.17. The summed E-state index contributed by atoms with van der Waals surface area (Å²) in [5, 5.41) is 5.45. The van der Waals surface area contributed by atoms with Crippen LogP contribution in [0.4, 0.5) is 0 Å². The van der Waals surface area contributed by atoms with E-state index in [2.05, 4.69) is 17.2 Å². The number of carbonyl (C=O) groups excluding carboxylic acids is 2. The monoisotopic (exact) mass is 260 g/mol. The lowest BCUT2D eigenvalue weighted by Crippen LogP contribution is -2.47. The van der Waals surface area contributed by atoms with Gasteiger partial charge < -0.3 is 10.6 Å². The topological polar surface area (TPSA) is 58.2 Å². The molecule has 0 aliphatic rings.